The largest absolute Gasteiger partial charge is 0.494 e. The van der Waals surface area contributed by atoms with Gasteiger partial charge in [0.2, 0.25) is 0 Å². The normalized spacial score (nSPS) is 14.2. The summed E-state index contributed by atoms with van der Waals surface area (Å²) in [6.07, 6.45) is 6.75. The van der Waals surface area contributed by atoms with E-state index in [9.17, 15) is 23.6 Å². The summed E-state index contributed by atoms with van der Waals surface area (Å²) >= 11 is 0. The van der Waals surface area contributed by atoms with Crippen LogP contribution < -0.4 is 20.9 Å². The second-order valence-electron chi connectivity index (χ2n) is 9.52. The van der Waals surface area contributed by atoms with Crippen LogP contribution in [-0.2, 0) is 16.1 Å². The van der Waals surface area contributed by atoms with Crippen molar-refractivity contribution >= 4 is 17.6 Å². The molecule has 0 amide bonds. The number of hydrogen-bond donors (Lipinski definition) is 3. The number of pyridine rings is 1. The molecule has 13 heteroatoms. The summed E-state index contributed by atoms with van der Waals surface area (Å²) in [5.74, 6) is -2.46. The molecule has 1 saturated heterocycles. The lowest BCUT2D eigenvalue weighted by atomic mass is 9.97. The van der Waals surface area contributed by atoms with Crippen LogP contribution >= 0.6 is 0 Å². The van der Waals surface area contributed by atoms with E-state index >= 15 is 0 Å². The van der Waals surface area contributed by atoms with Gasteiger partial charge in [0, 0.05) is 81.0 Å². The number of nitrogens with one attached hydrogen (secondary N) is 1. The average Bonchev–Trinajstić information content (AvgIpc) is 2.98. The van der Waals surface area contributed by atoms with Gasteiger partial charge >= 0.3 is 17.6 Å². The minimum atomic E-state index is -1.26. The van der Waals surface area contributed by atoms with Gasteiger partial charge in [-0.25, -0.2) is 18.8 Å². The molecule has 0 spiro atoms. The number of piperazine rings is 1. The minimum absolute atomic E-state index is 0.166. The summed E-state index contributed by atoms with van der Waals surface area (Å²) in [7, 11) is 1.55. The number of methoxy groups -OCH3 is 1. The molecule has 1 aliphatic rings. The van der Waals surface area contributed by atoms with Crippen LogP contribution in [0.15, 0.2) is 70.7 Å². The molecular formula is C29H34FN5O7. The first-order chi connectivity index (χ1) is 20.1. The van der Waals surface area contributed by atoms with E-state index in [1.165, 1.54) is 22.9 Å². The van der Waals surface area contributed by atoms with Crippen molar-refractivity contribution < 1.29 is 28.9 Å². The molecule has 3 heterocycles. The lowest BCUT2D eigenvalue weighted by Gasteiger charge is -2.36. The first-order valence-electron chi connectivity index (χ1n) is 13.3. The fourth-order valence-corrected chi connectivity index (χ4v) is 4.57. The number of benzene rings is 1. The number of ether oxygens (including phenoxy) is 1. The van der Waals surface area contributed by atoms with Crippen LogP contribution in [0.5, 0.6) is 5.75 Å². The molecule has 1 atom stereocenters. The van der Waals surface area contributed by atoms with Gasteiger partial charge in [0.15, 0.2) is 0 Å². The highest BCUT2D eigenvalue weighted by Gasteiger charge is 2.20. The van der Waals surface area contributed by atoms with E-state index in [1.54, 1.807) is 25.6 Å². The summed E-state index contributed by atoms with van der Waals surface area (Å²) in [6.45, 7) is 6.33. The highest BCUT2D eigenvalue weighted by molar-refractivity contribution is 5.89. The van der Waals surface area contributed by atoms with Gasteiger partial charge in [-0.15, -0.1) is 0 Å². The van der Waals surface area contributed by atoms with Crippen molar-refractivity contribution in [2.45, 2.75) is 25.8 Å². The number of hydrogen-bond acceptors (Lipinski definition) is 8. The van der Waals surface area contributed by atoms with Crippen molar-refractivity contribution in [2.75, 3.05) is 44.7 Å². The van der Waals surface area contributed by atoms with E-state index in [4.69, 9.17) is 14.9 Å². The topological polar surface area (TPSA) is 158 Å². The van der Waals surface area contributed by atoms with Gasteiger partial charge in [-0.05, 0) is 36.7 Å². The summed E-state index contributed by atoms with van der Waals surface area (Å²) in [5.41, 5.74) is 1.72. The molecule has 1 unspecified atom stereocenters. The second-order valence-corrected chi connectivity index (χ2v) is 9.52. The number of carboxylic acids is 2. The third-order valence-corrected chi connectivity index (χ3v) is 6.82. The van der Waals surface area contributed by atoms with E-state index in [0.717, 1.165) is 44.0 Å². The quantitative estimate of drug-likeness (QED) is 0.302. The summed E-state index contributed by atoms with van der Waals surface area (Å²) in [5, 5.41) is 15.6. The number of anilines is 1. The van der Waals surface area contributed by atoms with Crippen LogP contribution in [0.4, 0.5) is 10.1 Å². The third kappa shape index (κ3) is 8.86. The average molecular weight is 584 g/mol. The molecule has 12 nitrogen and oxygen atoms in total. The zero-order valence-electron chi connectivity index (χ0n) is 23.4. The number of aromatic amines is 1. The zero-order valence-corrected chi connectivity index (χ0v) is 23.4. The standard InChI is InChI=1S/C25H30FN5O3.C4H4O4/c1-18(19-5-3-8-27-16-19)21-17-28-25(33)31(24(21)32)10-4-9-29-11-13-30(14-12-29)22-7-6-20(26)15-23(22)34-2;5-3(6)1-2-4(7)8/h3,5-8,15-18H,4,9-14H2,1-2H3,(H,28,33);1-2H,(H,5,6)(H,7,8)/b;2-1+. The molecule has 1 aromatic carbocycles. The molecule has 1 aliphatic heterocycles. The Labute approximate surface area is 241 Å². The number of aliphatic carboxylic acids is 2. The Hall–Kier alpha value is -4.78. The number of aromatic nitrogens is 3. The summed E-state index contributed by atoms with van der Waals surface area (Å²) < 4.78 is 20.1. The van der Waals surface area contributed by atoms with Gasteiger partial charge in [0.25, 0.3) is 5.56 Å². The Morgan fingerprint density at radius 2 is 1.79 bits per heavy atom. The maximum atomic E-state index is 13.5. The van der Waals surface area contributed by atoms with Crippen LogP contribution in [-0.4, -0.2) is 81.4 Å². The van der Waals surface area contributed by atoms with Crippen LogP contribution in [0.3, 0.4) is 0 Å². The molecule has 2 aromatic heterocycles. The van der Waals surface area contributed by atoms with Crippen molar-refractivity contribution in [3.63, 3.8) is 0 Å². The Morgan fingerprint density at radius 1 is 1.10 bits per heavy atom. The monoisotopic (exact) mass is 583 g/mol. The number of nitrogens with zero attached hydrogens (tertiary/aromatic N) is 4. The van der Waals surface area contributed by atoms with E-state index in [1.807, 2.05) is 19.1 Å². The van der Waals surface area contributed by atoms with Crippen LogP contribution in [0.25, 0.3) is 0 Å². The minimum Gasteiger partial charge on any atom is -0.494 e. The molecule has 3 N–H and O–H groups in total. The third-order valence-electron chi connectivity index (χ3n) is 6.82. The zero-order chi connectivity index (χ0) is 30.6. The number of carbonyl (C=O) groups is 2. The molecular weight excluding hydrogens is 549 g/mol. The first kappa shape index (κ1) is 31.7. The van der Waals surface area contributed by atoms with Gasteiger partial charge in [0.05, 0.1) is 12.8 Å². The highest BCUT2D eigenvalue weighted by Crippen LogP contribution is 2.29. The van der Waals surface area contributed by atoms with Gasteiger partial charge in [-0.1, -0.05) is 13.0 Å². The number of carboxylic acid groups (broad SMARTS) is 2. The molecule has 0 bridgehead atoms. The van der Waals surface area contributed by atoms with E-state index in [-0.39, 0.29) is 23.0 Å². The molecule has 1 fully saturated rings. The first-order valence-corrected chi connectivity index (χ1v) is 13.3. The molecule has 42 heavy (non-hydrogen) atoms. The van der Waals surface area contributed by atoms with Crippen LogP contribution in [0, 0.1) is 5.82 Å². The smallest absolute Gasteiger partial charge is 0.328 e. The lowest BCUT2D eigenvalue weighted by Crippen LogP contribution is -2.47. The van der Waals surface area contributed by atoms with Crippen LogP contribution in [0.1, 0.15) is 30.4 Å². The van der Waals surface area contributed by atoms with Crippen LogP contribution in [0.2, 0.25) is 0 Å². The van der Waals surface area contributed by atoms with E-state index < -0.39 is 11.9 Å². The van der Waals surface area contributed by atoms with Gasteiger partial charge in [0.1, 0.15) is 11.6 Å². The van der Waals surface area contributed by atoms with Gasteiger partial charge in [-0.3, -0.25) is 19.2 Å². The Morgan fingerprint density at radius 3 is 2.38 bits per heavy atom. The maximum absolute atomic E-state index is 13.5. The number of halogens is 1. The maximum Gasteiger partial charge on any atom is 0.328 e. The molecule has 224 valence electrons. The van der Waals surface area contributed by atoms with E-state index in [2.05, 4.69) is 19.8 Å². The molecule has 4 rings (SSSR count). The van der Waals surface area contributed by atoms with Crippen molar-refractivity contribution in [3.05, 3.63) is 98.9 Å². The van der Waals surface area contributed by atoms with Crippen molar-refractivity contribution in [1.82, 2.24) is 19.4 Å². The predicted molar refractivity (Wildman–Crippen MR) is 154 cm³/mol. The second kappa shape index (κ2) is 15.3. The fourth-order valence-electron chi connectivity index (χ4n) is 4.57. The number of rotatable bonds is 10. The van der Waals surface area contributed by atoms with Crippen molar-refractivity contribution in [3.8, 4) is 5.75 Å². The molecule has 3 aromatic rings. The Balaban J connectivity index is 0.000000531. The van der Waals surface area contributed by atoms with Gasteiger partial charge in [-0.2, -0.15) is 0 Å². The van der Waals surface area contributed by atoms with Gasteiger partial charge < -0.3 is 24.8 Å². The van der Waals surface area contributed by atoms with Crippen molar-refractivity contribution in [1.29, 1.82) is 0 Å². The summed E-state index contributed by atoms with van der Waals surface area (Å²) in [4.78, 5) is 55.8. The number of H-pyrrole nitrogens is 1. The molecule has 0 aliphatic carbocycles. The molecule has 0 radical (unpaired) electrons. The fraction of sp³-hybridized carbons (Fsp3) is 0.345. The Bertz CT molecular complexity index is 1480. The molecule has 0 saturated carbocycles. The van der Waals surface area contributed by atoms with E-state index in [0.29, 0.717) is 36.4 Å². The predicted octanol–water partition coefficient (Wildman–Crippen LogP) is 2.16. The SMILES string of the molecule is COc1cc(F)ccc1N1CCN(CCCn2c(=O)[nH]cc(C(C)c3cccnc3)c2=O)CC1.O=C(O)/C=C/C(=O)O. The lowest BCUT2D eigenvalue weighted by molar-refractivity contribution is -0.134. The summed E-state index contributed by atoms with van der Waals surface area (Å²) in [6, 6.07) is 8.36. The highest BCUT2D eigenvalue weighted by atomic mass is 19.1. The van der Waals surface area contributed by atoms with Crippen molar-refractivity contribution in [2.24, 2.45) is 0 Å². The Kier molecular flexibility index (Phi) is 11.6.